The number of nitrogens with one attached hydrogen (secondary N) is 1. The van der Waals surface area contributed by atoms with Gasteiger partial charge in [-0.15, -0.1) is 0 Å². The highest BCUT2D eigenvalue weighted by molar-refractivity contribution is 9.10. The summed E-state index contributed by atoms with van der Waals surface area (Å²) in [5, 5.41) is 11.3. The Labute approximate surface area is 139 Å². The molecule has 0 aliphatic rings. The molecule has 5 nitrogen and oxygen atoms in total. The maximum Gasteiger partial charge on any atom is 0.335 e. The lowest BCUT2D eigenvalue weighted by atomic mass is 10.0. The van der Waals surface area contributed by atoms with E-state index in [1.165, 1.54) is 12.1 Å². The molecule has 1 aromatic heterocycles. The summed E-state index contributed by atoms with van der Waals surface area (Å²) in [4.78, 5) is 22.9. The fraction of sp³-hybridized carbons (Fsp3) is 0.0588. The van der Waals surface area contributed by atoms with E-state index in [4.69, 9.17) is 9.63 Å². The average Bonchev–Trinajstić information content (AvgIpc) is 2.88. The number of hydrogen-bond acceptors (Lipinski definition) is 3. The number of carboxylic acid groups (broad SMARTS) is 1. The molecular formula is C17H12BrNO4. The first-order valence-corrected chi connectivity index (χ1v) is 7.62. The molecule has 0 aliphatic carbocycles. The van der Waals surface area contributed by atoms with E-state index < -0.39 is 5.97 Å². The molecule has 0 amide bonds. The zero-order valence-electron chi connectivity index (χ0n) is 11.9. The van der Waals surface area contributed by atoms with Crippen molar-refractivity contribution in [3.63, 3.8) is 0 Å². The molecule has 3 aromatic rings. The summed E-state index contributed by atoms with van der Waals surface area (Å²) in [5.41, 5.74) is 2.02. The molecule has 2 N–H and O–H groups in total. The van der Waals surface area contributed by atoms with Crippen molar-refractivity contribution < 1.29 is 14.4 Å². The van der Waals surface area contributed by atoms with Crippen LogP contribution < -0.4 is 5.56 Å². The molecule has 116 valence electrons. The number of aromatic amines is 1. The van der Waals surface area contributed by atoms with Gasteiger partial charge >= 0.3 is 5.97 Å². The van der Waals surface area contributed by atoms with E-state index >= 15 is 0 Å². The first kappa shape index (κ1) is 15.3. The SMILES string of the molecule is O=C(O)c1ccc(-c2o[nH]c(=O)c2Cc2cccc(Br)c2)cc1. The summed E-state index contributed by atoms with van der Waals surface area (Å²) in [6, 6.07) is 13.9. The topological polar surface area (TPSA) is 83.3 Å². The smallest absolute Gasteiger partial charge is 0.335 e. The predicted molar refractivity (Wildman–Crippen MR) is 88.7 cm³/mol. The molecule has 0 aliphatic heterocycles. The number of halogens is 1. The third-order valence-corrected chi connectivity index (χ3v) is 3.95. The van der Waals surface area contributed by atoms with Gasteiger partial charge < -0.3 is 9.63 Å². The Balaban J connectivity index is 1.98. The van der Waals surface area contributed by atoms with Gasteiger partial charge in [0, 0.05) is 16.5 Å². The quantitative estimate of drug-likeness (QED) is 0.730. The number of carbonyl (C=O) groups is 1. The van der Waals surface area contributed by atoms with E-state index in [2.05, 4.69) is 21.1 Å². The van der Waals surface area contributed by atoms with Crippen LogP contribution in [-0.2, 0) is 6.42 Å². The number of hydrogen-bond donors (Lipinski definition) is 2. The van der Waals surface area contributed by atoms with Crippen molar-refractivity contribution in [3.05, 3.63) is 80.0 Å². The molecule has 0 bridgehead atoms. The number of rotatable bonds is 4. The first-order valence-electron chi connectivity index (χ1n) is 6.83. The Morgan fingerprint density at radius 3 is 2.57 bits per heavy atom. The summed E-state index contributed by atoms with van der Waals surface area (Å²) in [7, 11) is 0. The molecule has 0 saturated heterocycles. The van der Waals surface area contributed by atoms with Crippen molar-refractivity contribution in [2.24, 2.45) is 0 Å². The zero-order chi connectivity index (χ0) is 16.4. The van der Waals surface area contributed by atoms with Gasteiger partial charge in [-0.05, 0) is 29.8 Å². The second-order valence-electron chi connectivity index (χ2n) is 5.03. The minimum absolute atomic E-state index is 0.181. The number of aromatic nitrogens is 1. The summed E-state index contributed by atoms with van der Waals surface area (Å²) < 4.78 is 6.22. The highest BCUT2D eigenvalue weighted by atomic mass is 79.9. The monoisotopic (exact) mass is 373 g/mol. The number of H-pyrrole nitrogens is 1. The lowest BCUT2D eigenvalue weighted by Crippen LogP contribution is -2.06. The van der Waals surface area contributed by atoms with Crippen molar-refractivity contribution in [2.75, 3.05) is 0 Å². The van der Waals surface area contributed by atoms with Crippen LogP contribution in [0.2, 0.25) is 0 Å². The second-order valence-corrected chi connectivity index (χ2v) is 5.95. The van der Waals surface area contributed by atoms with Crippen LogP contribution in [0.15, 0.2) is 62.3 Å². The average molecular weight is 374 g/mol. The summed E-state index contributed by atoms with van der Waals surface area (Å²) in [5.74, 6) is -0.576. The van der Waals surface area contributed by atoms with E-state index in [9.17, 15) is 9.59 Å². The molecule has 0 spiro atoms. The normalized spacial score (nSPS) is 10.7. The van der Waals surface area contributed by atoms with Gasteiger partial charge in [-0.25, -0.2) is 4.79 Å². The van der Waals surface area contributed by atoms with Crippen molar-refractivity contribution in [1.29, 1.82) is 0 Å². The highest BCUT2D eigenvalue weighted by Crippen LogP contribution is 2.24. The fourth-order valence-corrected chi connectivity index (χ4v) is 2.78. The van der Waals surface area contributed by atoms with Crippen LogP contribution in [0.4, 0.5) is 0 Å². The summed E-state index contributed by atoms with van der Waals surface area (Å²) >= 11 is 3.40. The lowest BCUT2D eigenvalue weighted by molar-refractivity contribution is 0.0697. The molecule has 0 atom stereocenters. The molecule has 3 rings (SSSR count). The minimum Gasteiger partial charge on any atom is -0.478 e. The lowest BCUT2D eigenvalue weighted by Gasteiger charge is -2.03. The van der Waals surface area contributed by atoms with Gasteiger partial charge in [-0.1, -0.05) is 40.2 Å². The summed E-state index contributed by atoms with van der Waals surface area (Å²) in [6.45, 7) is 0. The van der Waals surface area contributed by atoms with Crippen molar-refractivity contribution >= 4 is 21.9 Å². The van der Waals surface area contributed by atoms with E-state index in [1.807, 2.05) is 24.3 Å². The van der Waals surface area contributed by atoms with Crippen molar-refractivity contribution in [2.45, 2.75) is 6.42 Å². The van der Waals surface area contributed by atoms with Gasteiger partial charge in [0.05, 0.1) is 11.1 Å². The molecule has 0 saturated carbocycles. The van der Waals surface area contributed by atoms with Gasteiger partial charge in [0.1, 0.15) is 0 Å². The van der Waals surface area contributed by atoms with Crippen molar-refractivity contribution in [3.8, 4) is 11.3 Å². The Morgan fingerprint density at radius 2 is 1.91 bits per heavy atom. The standard InChI is InChI=1S/C17H12BrNO4/c18-13-3-1-2-10(8-13)9-14-15(23-19-16(14)20)11-4-6-12(7-5-11)17(21)22/h1-8H,9H2,(H,19,20)(H,21,22). The van der Waals surface area contributed by atoms with E-state index in [-0.39, 0.29) is 11.1 Å². The molecule has 0 radical (unpaired) electrons. The third-order valence-electron chi connectivity index (χ3n) is 3.46. The van der Waals surface area contributed by atoms with Gasteiger partial charge in [-0.2, -0.15) is 5.16 Å². The van der Waals surface area contributed by atoms with Gasteiger partial charge in [0.2, 0.25) is 0 Å². The van der Waals surface area contributed by atoms with Crippen molar-refractivity contribution in [1.82, 2.24) is 5.16 Å². The number of benzene rings is 2. The van der Waals surface area contributed by atoms with Crippen LogP contribution in [0.25, 0.3) is 11.3 Å². The van der Waals surface area contributed by atoms with Crippen LogP contribution in [0.5, 0.6) is 0 Å². The molecule has 0 fully saturated rings. The number of carboxylic acids is 1. The first-order chi connectivity index (χ1) is 11.0. The van der Waals surface area contributed by atoms with Gasteiger partial charge in [-0.3, -0.25) is 4.79 Å². The second kappa shape index (κ2) is 6.26. The largest absolute Gasteiger partial charge is 0.478 e. The van der Waals surface area contributed by atoms with Crippen LogP contribution in [0.3, 0.4) is 0 Å². The van der Waals surface area contributed by atoms with Gasteiger partial charge in [0.25, 0.3) is 5.56 Å². The molecule has 6 heteroatoms. The highest BCUT2D eigenvalue weighted by Gasteiger charge is 2.16. The Morgan fingerprint density at radius 1 is 1.17 bits per heavy atom. The van der Waals surface area contributed by atoms with E-state index in [0.29, 0.717) is 23.3 Å². The maximum atomic E-state index is 12.0. The summed E-state index contributed by atoms with van der Waals surface area (Å²) in [6.07, 6.45) is 0.418. The molecular weight excluding hydrogens is 362 g/mol. The Hall–Kier alpha value is -2.60. The van der Waals surface area contributed by atoms with Crippen LogP contribution in [0.1, 0.15) is 21.5 Å². The number of aromatic carboxylic acids is 1. The van der Waals surface area contributed by atoms with E-state index in [1.54, 1.807) is 12.1 Å². The van der Waals surface area contributed by atoms with Crippen LogP contribution in [0, 0.1) is 0 Å². The molecule has 1 heterocycles. The molecule has 2 aromatic carbocycles. The van der Waals surface area contributed by atoms with Crippen LogP contribution >= 0.6 is 15.9 Å². The predicted octanol–water partition coefficient (Wildman–Crippen LogP) is 3.69. The Bertz CT molecular complexity index is 909. The van der Waals surface area contributed by atoms with E-state index in [0.717, 1.165) is 10.0 Å². The molecule has 23 heavy (non-hydrogen) atoms. The third kappa shape index (κ3) is 3.27. The maximum absolute atomic E-state index is 12.0. The zero-order valence-corrected chi connectivity index (χ0v) is 13.5. The molecule has 0 unspecified atom stereocenters. The minimum atomic E-state index is -0.999. The van der Waals surface area contributed by atoms with Gasteiger partial charge in [0.15, 0.2) is 5.76 Å². The Kier molecular flexibility index (Phi) is 4.16. The fourth-order valence-electron chi connectivity index (χ4n) is 2.33. The van der Waals surface area contributed by atoms with Crippen LogP contribution in [-0.4, -0.2) is 16.2 Å².